The number of benzene rings is 3. The molecule has 5 aromatic rings. The van der Waals surface area contributed by atoms with Crippen molar-refractivity contribution in [1.29, 1.82) is 0 Å². The van der Waals surface area contributed by atoms with E-state index >= 15 is 0 Å². The summed E-state index contributed by atoms with van der Waals surface area (Å²) in [4.78, 5) is 19.2. The van der Waals surface area contributed by atoms with Gasteiger partial charge in [0, 0.05) is 35.5 Å². The topological polar surface area (TPSA) is 66.9 Å². The van der Waals surface area contributed by atoms with Crippen molar-refractivity contribution in [3.05, 3.63) is 90.5 Å². The fraction of sp³-hybridized carbons (Fsp3) is 0.148. The summed E-state index contributed by atoms with van der Waals surface area (Å²) in [6.07, 6.45) is 3.60. The first kappa shape index (κ1) is 19.5. The third-order valence-corrected chi connectivity index (χ3v) is 6.02. The number of hydrogen-bond acceptors (Lipinski definition) is 5. The highest BCUT2D eigenvalue weighted by molar-refractivity contribution is 5.89. The number of aromatic amines is 1. The quantitative estimate of drug-likeness (QED) is 0.413. The second kappa shape index (κ2) is 8.06. The van der Waals surface area contributed by atoms with Gasteiger partial charge in [-0.25, -0.2) is 15.0 Å². The van der Waals surface area contributed by atoms with Gasteiger partial charge in [-0.3, -0.25) is 0 Å². The van der Waals surface area contributed by atoms with Gasteiger partial charge in [-0.05, 0) is 42.3 Å². The number of aryl methyl sites for hydroxylation is 1. The van der Waals surface area contributed by atoms with Crippen LogP contribution in [0.5, 0.6) is 5.75 Å². The van der Waals surface area contributed by atoms with Crippen LogP contribution in [-0.2, 0) is 6.54 Å². The SMILES string of the molecule is Cc1nc(N2CCOc3ccc(-c4ccc(-c5ncc[nH]5)cc4)cc3C2)c2ccccc2n1. The van der Waals surface area contributed by atoms with Gasteiger partial charge in [-0.1, -0.05) is 42.5 Å². The number of rotatable bonds is 3. The van der Waals surface area contributed by atoms with E-state index in [1.54, 1.807) is 6.20 Å². The van der Waals surface area contributed by atoms with Gasteiger partial charge in [0.25, 0.3) is 0 Å². The zero-order valence-electron chi connectivity index (χ0n) is 18.3. The minimum atomic E-state index is 0.613. The Labute approximate surface area is 191 Å². The molecular formula is C27H23N5O. The number of H-pyrrole nitrogens is 1. The van der Waals surface area contributed by atoms with Gasteiger partial charge >= 0.3 is 0 Å². The molecule has 2 aromatic heterocycles. The van der Waals surface area contributed by atoms with Gasteiger partial charge in [0.15, 0.2) is 0 Å². The van der Waals surface area contributed by atoms with E-state index < -0.39 is 0 Å². The zero-order chi connectivity index (χ0) is 22.2. The minimum Gasteiger partial charge on any atom is -0.491 e. The molecule has 0 spiro atoms. The second-order valence-corrected chi connectivity index (χ2v) is 8.22. The fourth-order valence-electron chi connectivity index (χ4n) is 4.41. The smallest absolute Gasteiger partial charge is 0.140 e. The molecule has 6 nitrogen and oxygen atoms in total. The number of nitrogens with zero attached hydrogens (tertiary/aromatic N) is 4. The van der Waals surface area contributed by atoms with E-state index in [1.165, 1.54) is 0 Å². The predicted octanol–water partition coefficient (Wildman–Crippen LogP) is 5.39. The van der Waals surface area contributed by atoms with Crippen molar-refractivity contribution < 1.29 is 4.74 Å². The number of nitrogens with one attached hydrogen (secondary N) is 1. The molecule has 0 saturated heterocycles. The average molecular weight is 434 g/mol. The molecule has 33 heavy (non-hydrogen) atoms. The highest BCUT2D eigenvalue weighted by Crippen LogP contribution is 2.33. The van der Waals surface area contributed by atoms with Crippen LogP contribution in [0.4, 0.5) is 5.82 Å². The number of fused-ring (bicyclic) bond motifs is 2. The van der Waals surface area contributed by atoms with Crippen molar-refractivity contribution >= 4 is 16.7 Å². The van der Waals surface area contributed by atoms with Gasteiger partial charge in [0.2, 0.25) is 0 Å². The number of hydrogen-bond donors (Lipinski definition) is 1. The standard InChI is InChI=1S/C27H23N5O/c1-18-30-24-5-3-2-4-23(24)27(31-18)32-14-15-33-25-11-10-21(16-22(25)17-32)19-6-8-20(9-7-19)26-28-12-13-29-26/h2-13,16H,14-15,17H2,1H3,(H,28,29). The van der Waals surface area contributed by atoms with Crippen LogP contribution in [0, 0.1) is 6.92 Å². The molecule has 0 amide bonds. The first-order valence-electron chi connectivity index (χ1n) is 11.1. The number of anilines is 1. The Morgan fingerprint density at radius 1 is 0.909 bits per heavy atom. The van der Waals surface area contributed by atoms with Gasteiger partial charge < -0.3 is 14.6 Å². The number of aromatic nitrogens is 4. The summed E-state index contributed by atoms with van der Waals surface area (Å²) in [6, 6.07) is 23.1. The molecule has 0 fully saturated rings. The first-order chi connectivity index (χ1) is 16.2. The Bertz CT molecular complexity index is 1430. The Kier molecular flexibility index (Phi) is 4.76. The maximum atomic E-state index is 6.10. The molecule has 6 heteroatoms. The summed E-state index contributed by atoms with van der Waals surface area (Å²) in [5.41, 5.74) is 5.51. The van der Waals surface area contributed by atoms with E-state index in [1.807, 2.05) is 31.3 Å². The Balaban J connectivity index is 1.35. The van der Waals surface area contributed by atoms with Crippen LogP contribution in [0.25, 0.3) is 33.4 Å². The highest BCUT2D eigenvalue weighted by Gasteiger charge is 2.20. The van der Waals surface area contributed by atoms with E-state index in [0.29, 0.717) is 6.61 Å². The molecule has 0 aliphatic carbocycles. The third-order valence-electron chi connectivity index (χ3n) is 6.02. The summed E-state index contributed by atoms with van der Waals surface area (Å²) >= 11 is 0. The number of imidazole rings is 1. The molecule has 1 N–H and O–H groups in total. The summed E-state index contributed by atoms with van der Waals surface area (Å²) in [5.74, 6) is 3.55. The van der Waals surface area contributed by atoms with Crippen molar-refractivity contribution in [3.8, 4) is 28.3 Å². The van der Waals surface area contributed by atoms with Gasteiger partial charge in [0.1, 0.15) is 29.8 Å². The lowest BCUT2D eigenvalue weighted by atomic mass is 10.0. The molecule has 1 aliphatic heterocycles. The van der Waals surface area contributed by atoms with Crippen LogP contribution in [-0.4, -0.2) is 33.1 Å². The maximum Gasteiger partial charge on any atom is 0.140 e. The Hall–Kier alpha value is -4.19. The molecular weight excluding hydrogens is 410 g/mol. The molecule has 6 rings (SSSR count). The minimum absolute atomic E-state index is 0.613. The molecule has 3 heterocycles. The van der Waals surface area contributed by atoms with Gasteiger partial charge in [0.05, 0.1) is 12.1 Å². The summed E-state index contributed by atoms with van der Waals surface area (Å²) in [6.45, 7) is 4.06. The normalized spacial score (nSPS) is 13.4. The lowest BCUT2D eigenvalue weighted by Gasteiger charge is -2.23. The van der Waals surface area contributed by atoms with E-state index in [9.17, 15) is 0 Å². The van der Waals surface area contributed by atoms with E-state index in [0.717, 1.165) is 69.5 Å². The summed E-state index contributed by atoms with van der Waals surface area (Å²) in [7, 11) is 0. The van der Waals surface area contributed by atoms with Crippen molar-refractivity contribution in [1.82, 2.24) is 19.9 Å². The molecule has 3 aromatic carbocycles. The molecule has 0 saturated carbocycles. The van der Waals surface area contributed by atoms with Gasteiger partial charge in [-0.15, -0.1) is 0 Å². The third kappa shape index (κ3) is 3.69. The van der Waals surface area contributed by atoms with Crippen LogP contribution < -0.4 is 9.64 Å². The van der Waals surface area contributed by atoms with Crippen molar-refractivity contribution in [2.45, 2.75) is 13.5 Å². The van der Waals surface area contributed by atoms with E-state index in [4.69, 9.17) is 9.72 Å². The molecule has 0 unspecified atom stereocenters. The Morgan fingerprint density at radius 2 is 1.73 bits per heavy atom. The number of para-hydroxylation sites is 1. The van der Waals surface area contributed by atoms with Crippen molar-refractivity contribution in [3.63, 3.8) is 0 Å². The van der Waals surface area contributed by atoms with E-state index in [-0.39, 0.29) is 0 Å². The fourth-order valence-corrected chi connectivity index (χ4v) is 4.41. The first-order valence-corrected chi connectivity index (χ1v) is 11.1. The number of ether oxygens (including phenoxy) is 1. The van der Waals surface area contributed by atoms with Crippen LogP contribution >= 0.6 is 0 Å². The van der Waals surface area contributed by atoms with E-state index in [2.05, 4.69) is 68.4 Å². The van der Waals surface area contributed by atoms with Crippen LogP contribution in [0.15, 0.2) is 79.1 Å². The summed E-state index contributed by atoms with van der Waals surface area (Å²) < 4.78 is 6.10. The second-order valence-electron chi connectivity index (χ2n) is 8.22. The lowest BCUT2D eigenvalue weighted by Crippen LogP contribution is -2.26. The molecule has 1 aliphatic rings. The average Bonchev–Trinajstić information content (AvgIpc) is 3.30. The summed E-state index contributed by atoms with van der Waals surface area (Å²) in [5, 5.41) is 1.07. The zero-order valence-corrected chi connectivity index (χ0v) is 18.3. The highest BCUT2D eigenvalue weighted by atomic mass is 16.5. The maximum absolute atomic E-state index is 6.10. The lowest BCUT2D eigenvalue weighted by molar-refractivity contribution is 0.331. The van der Waals surface area contributed by atoms with Crippen molar-refractivity contribution in [2.75, 3.05) is 18.1 Å². The van der Waals surface area contributed by atoms with Crippen molar-refractivity contribution in [2.24, 2.45) is 0 Å². The molecule has 162 valence electrons. The predicted molar refractivity (Wildman–Crippen MR) is 130 cm³/mol. The molecule has 0 radical (unpaired) electrons. The van der Waals surface area contributed by atoms with Crippen LogP contribution in [0.2, 0.25) is 0 Å². The van der Waals surface area contributed by atoms with Crippen LogP contribution in [0.1, 0.15) is 11.4 Å². The monoisotopic (exact) mass is 433 g/mol. The Morgan fingerprint density at radius 3 is 2.58 bits per heavy atom. The molecule has 0 bridgehead atoms. The van der Waals surface area contributed by atoms with Gasteiger partial charge in [-0.2, -0.15) is 0 Å². The largest absolute Gasteiger partial charge is 0.491 e. The van der Waals surface area contributed by atoms with Crippen LogP contribution in [0.3, 0.4) is 0 Å². The molecule has 0 atom stereocenters.